The van der Waals surface area contributed by atoms with E-state index < -0.39 is 18.6 Å². The van der Waals surface area contributed by atoms with Crippen molar-refractivity contribution in [3.05, 3.63) is 54.1 Å². The Hall–Kier alpha value is -3.23. The van der Waals surface area contributed by atoms with Crippen LogP contribution in [-0.2, 0) is 4.79 Å². The van der Waals surface area contributed by atoms with E-state index in [2.05, 4.69) is 5.32 Å². The van der Waals surface area contributed by atoms with Crippen molar-refractivity contribution in [2.45, 2.75) is 19.0 Å². The predicted molar refractivity (Wildman–Crippen MR) is 101 cm³/mol. The summed E-state index contributed by atoms with van der Waals surface area (Å²) in [6, 6.07) is 12.9. The van der Waals surface area contributed by atoms with Crippen LogP contribution < -0.4 is 20.1 Å². The lowest BCUT2D eigenvalue weighted by Crippen LogP contribution is -2.34. The third-order valence-corrected chi connectivity index (χ3v) is 3.77. The van der Waals surface area contributed by atoms with E-state index >= 15 is 0 Å². The van der Waals surface area contributed by atoms with Crippen LogP contribution in [0.3, 0.4) is 0 Å². The van der Waals surface area contributed by atoms with Crippen molar-refractivity contribution < 1.29 is 32.2 Å². The van der Waals surface area contributed by atoms with E-state index in [0.717, 1.165) is 0 Å². The summed E-state index contributed by atoms with van der Waals surface area (Å²) in [5.41, 5.74) is 0.104. The molecule has 0 spiro atoms. The SMILES string of the molecule is COc1ccc(OCCCC(=O)Nc2ccccc2C(=O)NCC(F)(F)F)cc1. The molecule has 2 aromatic carbocycles. The molecule has 0 radical (unpaired) electrons. The van der Waals surface area contributed by atoms with Crippen molar-refractivity contribution >= 4 is 17.5 Å². The lowest BCUT2D eigenvalue weighted by Gasteiger charge is -2.12. The van der Waals surface area contributed by atoms with Crippen molar-refractivity contribution in [1.29, 1.82) is 0 Å². The van der Waals surface area contributed by atoms with Gasteiger partial charge in [-0.25, -0.2) is 0 Å². The first-order chi connectivity index (χ1) is 13.8. The Balaban J connectivity index is 1.81. The van der Waals surface area contributed by atoms with Crippen LogP contribution in [0.4, 0.5) is 18.9 Å². The van der Waals surface area contributed by atoms with Crippen LogP contribution in [-0.4, -0.2) is 38.3 Å². The molecular weight excluding hydrogens is 389 g/mol. The van der Waals surface area contributed by atoms with E-state index in [1.807, 2.05) is 0 Å². The first-order valence-electron chi connectivity index (χ1n) is 8.79. The third kappa shape index (κ3) is 7.73. The Morgan fingerprint density at radius 1 is 1.00 bits per heavy atom. The molecule has 2 N–H and O–H groups in total. The molecule has 0 atom stereocenters. The number of alkyl halides is 3. The molecule has 0 aliphatic heterocycles. The van der Waals surface area contributed by atoms with Crippen molar-refractivity contribution in [2.75, 3.05) is 25.6 Å². The molecule has 0 saturated carbocycles. The zero-order valence-electron chi connectivity index (χ0n) is 15.7. The first kappa shape index (κ1) is 22.1. The van der Waals surface area contributed by atoms with Crippen molar-refractivity contribution in [3.8, 4) is 11.5 Å². The Labute approximate surface area is 166 Å². The second-order valence-corrected chi connectivity index (χ2v) is 6.02. The summed E-state index contributed by atoms with van der Waals surface area (Å²) in [4.78, 5) is 24.1. The molecule has 0 aliphatic rings. The molecule has 0 fully saturated rings. The number of carbonyl (C=O) groups excluding carboxylic acids is 2. The molecular formula is C20H21F3N2O4. The first-order valence-corrected chi connectivity index (χ1v) is 8.79. The molecule has 0 saturated heterocycles. The van der Waals surface area contributed by atoms with Gasteiger partial charge in [-0.3, -0.25) is 9.59 Å². The average molecular weight is 410 g/mol. The fourth-order valence-electron chi connectivity index (χ4n) is 2.37. The fourth-order valence-corrected chi connectivity index (χ4v) is 2.37. The molecule has 0 unspecified atom stereocenters. The van der Waals surface area contributed by atoms with Gasteiger partial charge >= 0.3 is 6.18 Å². The van der Waals surface area contributed by atoms with Crippen LogP contribution in [0.25, 0.3) is 0 Å². The molecule has 29 heavy (non-hydrogen) atoms. The number of halogens is 3. The topological polar surface area (TPSA) is 76.7 Å². The molecule has 2 aromatic rings. The highest BCUT2D eigenvalue weighted by atomic mass is 19.4. The number of methoxy groups -OCH3 is 1. The summed E-state index contributed by atoms with van der Waals surface area (Å²) in [6.07, 6.45) is -3.98. The van der Waals surface area contributed by atoms with Gasteiger partial charge in [-0.1, -0.05) is 12.1 Å². The minimum atomic E-state index is -4.52. The van der Waals surface area contributed by atoms with Gasteiger partial charge in [-0.2, -0.15) is 13.2 Å². The van der Waals surface area contributed by atoms with Gasteiger partial charge in [0.15, 0.2) is 0 Å². The van der Waals surface area contributed by atoms with E-state index in [9.17, 15) is 22.8 Å². The van der Waals surface area contributed by atoms with Gasteiger partial charge < -0.3 is 20.1 Å². The zero-order chi connectivity index (χ0) is 21.3. The normalized spacial score (nSPS) is 10.9. The highest BCUT2D eigenvalue weighted by molar-refractivity contribution is 6.03. The maximum atomic E-state index is 12.3. The number of para-hydroxylation sites is 1. The minimum absolute atomic E-state index is 0.0421. The summed E-state index contributed by atoms with van der Waals surface area (Å²) >= 11 is 0. The van der Waals surface area contributed by atoms with Gasteiger partial charge in [0.1, 0.15) is 18.0 Å². The van der Waals surface area contributed by atoms with E-state index in [-0.39, 0.29) is 23.6 Å². The van der Waals surface area contributed by atoms with Crippen LogP contribution in [0.5, 0.6) is 11.5 Å². The highest BCUT2D eigenvalue weighted by Crippen LogP contribution is 2.19. The van der Waals surface area contributed by atoms with Crippen LogP contribution in [0, 0.1) is 0 Å². The number of hydrogen-bond acceptors (Lipinski definition) is 4. The van der Waals surface area contributed by atoms with Crippen LogP contribution in [0.2, 0.25) is 0 Å². The summed E-state index contributed by atoms with van der Waals surface area (Å²) in [5.74, 6) is 0.0491. The second-order valence-electron chi connectivity index (χ2n) is 6.02. The van der Waals surface area contributed by atoms with Crippen LogP contribution >= 0.6 is 0 Å². The van der Waals surface area contributed by atoms with E-state index in [0.29, 0.717) is 24.5 Å². The van der Waals surface area contributed by atoms with E-state index in [1.165, 1.54) is 18.2 Å². The Morgan fingerprint density at radius 3 is 2.31 bits per heavy atom. The van der Waals surface area contributed by atoms with Gasteiger partial charge in [0, 0.05) is 6.42 Å². The quantitative estimate of drug-likeness (QED) is 0.617. The molecule has 0 heterocycles. The number of amides is 2. The second kappa shape index (κ2) is 10.4. The van der Waals surface area contributed by atoms with Gasteiger partial charge in [0.25, 0.3) is 5.91 Å². The number of carbonyl (C=O) groups is 2. The maximum Gasteiger partial charge on any atom is 0.405 e. The minimum Gasteiger partial charge on any atom is -0.497 e. The zero-order valence-corrected chi connectivity index (χ0v) is 15.7. The number of hydrogen-bond donors (Lipinski definition) is 2. The monoisotopic (exact) mass is 410 g/mol. The molecule has 9 heteroatoms. The van der Waals surface area contributed by atoms with Crippen molar-refractivity contribution in [1.82, 2.24) is 5.32 Å². The smallest absolute Gasteiger partial charge is 0.405 e. The lowest BCUT2D eigenvalue weighted by molar-refractivity contribution is -0.123. The van der Waals surface area contributed by atoms with E-state index in [1.54, 1.807) is 42.8 Å². The maximum absolute atomic E-state index is 12.3. The molecule has 0 aliphatic carbocycles. The van der Waals surface area contributed by atoms with Crippen molar-refractivity contribution in [3.63, 3.8) is 0 Å². The number of nitrogens with one attached hydrogen (secondary N) is 2. The lowest BCUT2D eigenvalue weighted by atomic mass is 10.1. The Bertz CT molecular complexity index is 823. The Kier molecular flexibility index (Phi) is 7.88. The van der Waals surface area contributed by atoms with Crippen LogP contribution in [0.15, 0.2) is 48.5 Å². The molecule has 2 amide bonds. The number of ether oxygens (including phenoxy) is 2. The summed E-state index contributed by atoms with van der Waals surface area (Å²) in [5, 5.41) is 4.34. The summed E-state index contributed by atoms with van der Waals surface area (Å²) in [7, 11) is 1.56. The Morgan fingerprint density at radius 2 is 1.66 bits per heavy atom. The standard InChI is InChI=1S/C20H21F3N2O4/c1-28-14-8-10-15(11-9-14)29-12-4-7-18(26)25-17-6-3-2-5-16(17)19(27)24-13-20(21,22)23/h2-3,5-6,8-11H,4,7,12-13H2,1H3,(H,24,27)(H,25,26). The summed E-state index contributed by atoms with van der Waals surface area (Å²) < 4.78 is 47.4. The van der Waals surface area contributed by atoms with Crippen LogP contribution in [0.1, 0.15) is 23.2 Å². The van der Waals surface area contributed by atoms with Gasteiger partial charge in [0.05, 0.1) is 25.0 Å². The molecule has 6 nitrogen and oxygen atoms in total. The highest BCUT2D eigenvalue weighted by Gasteiger charge is 2.28. The largest absolute Gasteiger partial charge is 0.497 e. The predicted octanol–water partition coefficient (Wildman–Crippen LogP) is 3.79. The fraction of sp³-hybridized carbons (Fsp3) is 0.300. The number of benzene rings is 2. The number of anilines is 1. The molecule has 156 valence electrons. The van der Waals surface area contributed by atoms with Gasteiger partial charge in [-0.05, 0) is 42.8 Å². The number of rotatable bonds is 9. The molecule has 0 aromatic heterocycles. The molecule has 2 rings (SSSR count). The average Bonchev–Trinajstić information content (AvgIpc) is 2.70. The van der Waals surface area contributed by atoms with Gasteiger partial charge in [-0.15, -0.1) is 0 Å². The van der Waals surface area contributed by atoms with Crippen molar-refractivity contribution in [2.24, 2.45) is 0 Å². The molecule has 0 bridgehead atoms. The van der Waals surface area contributed by atoms with E-state index in [4.69, 9.17) is 9.47 Å². The summed E-state index contributed by atoms with van der Waals surface area (Å²) in [6.45, 7) is -1.15. The third-order valence-electron chi connectivity index (χ3n) is 3.77. The van der Waals surface area contributed by atoms with Gasteiger partial charge in [0.2, 0.25) is 5.91 Å².